The van der Waals surface area contributed by atoms with E-state index in [9.17, 15) is 0 Å². The van der Waals surface area contributed by atoms with Gasteiger partial charge in [0.25, 0.3) is 0 Å². The lowest BCUT2D eigenvalue weighted by molar-refractivity contribution is 0.124. The second-order valence-corrected chi connectivity index (χ2v) is 9.56. The highest BCUT2D eigenvalue weighted by Gasteiger charge is 2.42. The van der Waals surface area contributed by atoms with Gasteiger partial charge in [0.05, 0.1) is 23.0 Å². The fourth-order valence-corrected chi connectivity index (χ4v) is 5.36. The Hall–Kier alpha value is -2.37. The maximum Gasteiger partial charge on any atom is 0.0804 e. The fraction of sp³-hybridized carbons (Fsp3) is 0.536. The number of nitrogens with one attached hydrogen (secondary N) is 2. The minimum Gasteiger partial charge on any atom is -0.378 e. The molecule has 5 heteroatoms. The molecule has 180 valence electrons. The Kier molecular flexibility index (Phi) is 8.55. The molecule has 5 nitrogen and oxygen atoms in total. The molecule has 0 aliphatic carbocycles. The van der Waals surface area contributed by atoms with Crippen LogP contribution in [0.4, 0.5) is 0 Å². The number of allylic oxidation sites excluding steroid dienone is 5. The lowest BCUT2D eigenvalue weighted by Crippen LogP contribution is -2.54. The van der Waals surface area contributed by atoms with E-state index in [0.29, 0.717) is 5.92 Å². The minimum absolute atomic E-state index is 0.0488. The molecule has 1 fully saturated rings. The third-order valence-corrected chi connectivity index (χ3v) is 7.15. The van der Waals surface area contributed by atoms with Gasteiger partial charge in [0, 0.05) is 44.6 Å². The van der Waals surface area contributed by atoms with E-state index in [-0.39, 0.29) is 11.6 Å². The Bertz CT molecular complexity index is 937. The maximum atomic E-state index is 7.74. The summed E-state index contributed by atoms with van der Waals surface area (Å²) in [6, 6.07) is 4.43. The van der Waals surface area contributed by atoms with Gasteiger partial charge in [-0.1, -0.05) is 23.8 Å². The van der Waals surface area contributed by atoms with Crippen LogP contribution in [0, 0.1) is 11.3 Å². The largest absolute Gasteiger partial charge is 0.378 e. The summed E-state index contributed by atoms with van der Waals surface area (Å²) in [6.07, 6.45) is 15.4. The van der Waals surface area contributed by atoms with E-state index in [4.69, 9.17) is 10.1 Å². The lowest BCUT2D eigenvalue weighted by atomic mass is 9.81. The van der Waals surface area contributed by atoms with Crippen molar-refractivity contribution in [1.29, 1.82) is 5.41 Å². The number of methoxy groups -OCH3 is 1. The number of aromatic nitrogens is 1. The second-order valence-electron chi connectivity index (χ2n) is 9.56. The summed E-state index contributed by atoms with van der Waals surface area (Å²) >= 11 is 0. The topological polar surface area (TPSA) is 53.3 Å². The third-order valence-electron chi connectivity index (χ3n) is 7.15. The molecule has 2 aliphatic heterocycles. The molecule has 1 spiro atoms. The van der Waals surface area contributed by atoms with Crippen molar-refractivity contribution in [3.8, 4) is 0 Å². The normalized spacial score (nSPS) is 22.4. The summed E-state index contributed by atoms with van der Waals surface area (Å²) < 4.78 is 7.90. The van der Waals surface area contributed by atoms with Crippen LogP contribution < -0.4 is 5.32 Å². The summed E-state index contributed by atoms with van der Waals surface area (Å²) in [5.74, 6) is 0.369. The Morgan fingerprint density at radius 3 is 2.58 bits per heavy atom. The van der Waals surface area contributed by atoms with E-state index >= 15 is 0 Å². The van der Waals surface area contributed by atoms with Gasteiger partial charge in [0.1, 0.15) is 0 Å². The first kappa shape index (κ1) is 25.3. The molecule has 2 atom stereocenters. The highest BCUT2D eigenvalue weighted by molar-refractivity contribution is 5.68. The molecule has 33 heavy (non-hydrogen) atoms. The third kappa shape index (κ3) is 5.42. The van der Waals surface area contributed by atoms with Crippen LogP contribution in [0.2, 0.25) is 0 Å². The predicted molar refractivity (Wildman–Crippen MR) is 139 cm³/mol. The number of ether oxygens (including phenoxy) is 1. The van der Waals surface area contributed by atoms with Crippen LogP contribution in [0.25, 0.3) is 5.70 Å². The van der Waals surface area contributed by atoms with Gasteiger partial charge in [0.15, 0.2) is 0 Å². The van der Waals surface area contributed by atoms with Crippen molar-refractivity contribution >= 4 is 11.9 Å². The lowest BCUT2D eigenvalue weighted by Gasteiger charge is -2.48. The van der Waals surface area contributed by atoms with Gasteiger partial charge in [-0.2, -0.15) is 0 Å². The van der Waals surface area contributed by atoms with E-state index in [1.54, 1.807) is 13.3 Å². The zero-order chi connectivity index (χ0) is 24.0. The van der Waals surface area contributed by atoms with Gasteiger partial charge in [-0.3, -0.25) is 0 Å². The van der Waals surface area contributed by atoms with Crippen molar-refractivity contribution in [2.45, 2.75) is 65.5 Å². The van der Waals surface area contributed by atoms with Gasteiger partial charge in [-0.15, -0.1) is 0 Å². The van der Waals surface area contributed by atoms with Crippen LogP contribution in [0.1, 0.15) is 59.6 Å². The number of hydrogen-bond acceptors (Lipinski definition) is 4. The van der Waals surface area contributed by atoms with Crippen LogP contribution in [0.15, 0.2) is 59.5 Å². The zero-order valence-corrected chi connectivity index (χ0v) is 21.3. The minimum atomic E-state index is -0.0640. The zero-order valence-electron chi connectivity index (χ0n) is 21.3. The smallest absolute Gasteiger partial charge is 0.0804 e. The Morgan fingerprint density at radius 2 is 2.00 bits per heavy atom. The first-order valence-electron chi connectivity index (χ1n) is 12.3. The van der Waals surface area contributed by atoms with E-state index < -0.39 is 0 Å². The SMILES string of the molecule is C/C=C\C(=C(C)C)C(CC=N)CN1CCC2(CC1)NC(=C/C(C)OC)/C(=C\C)n1cccc12. The molecule has 0 bridgehead atoms. The second kappa shape index (κ2) is 11.2. The monoisotopic (exact) mass is 450 g/mol. The standard InChI is InChI=1S/C28H42N4O/c1-7-10-24(21(3)4)23(12-15-29)20-31-17-13-28(14-18-31)27-11-9-16-32(27)26(8-2)25(30-28)19-22(5)33-6/h7-11,15-16,19,22-23,29-30H,12-14,17-18,20H2,1-6H3/b10-7-,25-19+,26-8+,29-15?. The molecule has 0 saturated carbocycles. The first-order chi connectivity index (χ1) is 15.9. The average molecular weight is 451 g/mol. The van der Waals surface area contributed by atoms with Crippen LogP contribution in [0.5, 0.6) is 0 Å². The average Bonchev–Trinajstić information content (AvgIpc) is 3.29. The molecule has 3 rings (SSSR count). The van der Waals surface area contributed by atoms with Crippen molar-refractivity contribution in [2.75, 3.05) is 26.7 Å². The number of nitrogens with zero attached hydrogens (tertiary/aromatic N) is 2. The predicted octanol–water partition coefficient (Wildman–Crippen LogP) is 5.73. The Balaban J connectivity index is 1.83. The van der Waals surface area contributed by atoms with E-state index in [0.717, 1.165) is 44.6 Å². The Labute approximate surface area is 200 Å². The Morgan fingerprint density at radius 1 is 1.27 bits per heavy atom. The van der Waals surface area contributed by atoms with Crippen molar-refractivity contribution in [3.05, 3.63) is 65.2 Å². The van der Waals surface area contributed by atoms with Crippen LogP contribution in [-0.4, -0.2) is 48.5 Å². The molecular weight excluding hydrogens is 408 g/mol. The van der Waals surface area contributed by atoms with Gasteiger partial charge >= 0.3 is 0 Å². The molecule has 2 unspecified atom stereocenters. The molecule has 0 radical (unpaired) electrons. The molecule has 1 saturated heterocycles. The van der Waals surface area contributed by atoms with Gasteiger partial charge in [0.2, 0.25) is 0 Å². The molecule has 2 aliphatic rings. The molecule has 1 aromatic heterocycles. The van der Waals surface area contributed by atoms with E-state index in [1.807, 2.05) is 0 Å². The van der Waals surface area contributed by atoms with Crippen LogP contribution >= 0.6 is 0 Å². The van der Waals surface area contributed by atoms with E-state index in [2.05, 4.69) is 92.0 Å². The van der Waals surface area contributed by atoms with Gasteiger partial charge in [-0.25, -0.2) is 0 Å². The fourth-order valence-electron chi connectivity index (χ4n) is 5.36. The number of hydrogen-bond donors (Lipinski definition) is 2. The van der Waals surface area contributed by atoms with Gasteiger partial charge in [-0.05, 0) is 83.9 Å². The number of likely N-dealkylation sites (tertiary alicyclic amines) is 1. The molecule has 1 aromatic rings. The molecule has 3 heterocycles. The highest BCUT2D eigenvalue weighted by atomic mass is 16.5. The van der Waals surface area contributed by atoms with Crippen molar-refractivity contribution in [2.24, 2.45) is 5.92 Å². The summed E-state index contributed by atoms with van der Waals surface area (Å²) in [6.45, 7) is 13.7. The summed E-state index contributed by atoms with van der Waals surface area (Å²) in [5, 5.41) is 11.7. The highest BCUT2D eigenvalue weighted by Crippen LogP contribution is 2.41. The molecule has 0 amide bonds. The maximum absolute atomic E-state index is 7.74. The van der Waals surface area contributed by atoms with Crippen molar-refractivity contribution in [1.82, 2.24) is 14.8 Å². The molecular formula is C28H42N4O. The van der Waals surface area contributed by atoms with E-state index in [1.165, 1.54) is 22.5 Å². The van der Waals surface area contributed by atoms with Gasteiger partial charge < -0.3 is 24.9 Å². The van der Waals surface area contributed by atoms with Crippen LogP contribution in [-0.2, 0) is 10.3 Å². The molecule has 2 N–H and O–H groups in total. The summed E-state index contributed by atoms with van der Waals surface area (Å²) in [7, 11) is 1.76. The van der Waals surface area contributed by atoms with Crippen molar-refractivity contribution in [3.63, 3.8) is 0 Å². The number of piperidine rings is 1. The quantitative estimate of drug-likeness (QED) is 0.393. The van der Waals surface area contributed by atoms with Crippen molar-refractivity contribution < 1.29 is 4.74 Å². The number of fused-ring (bicyclic) bond motifs is 2. The first-order valence-corrected chi connectivity index (χ1v) is 12.3. The summed E-state index contributed by atoms with van der Waals surface area (Å²) in [5.41, 5.74) is 6.37. The van der Waals surface area contributed by atoms with Crippen LogP contribution in [0.3, 0.4) is 0 Å². The molecule has 0 aromatic carbocycles. The number of rotatable bonds is 8. The summed E-state index contributed by atoms with van der Waals surface area (Å²) in [4.78, 5) is 2.59.